The molecule has 0 saturated heterocycles. The molecule has 0 bridgehead atoms. The van der Waals surface area contributed by atoms with Crippen LogP contribution in [0.4, 0.5) is 0 Å². The van der Waals surface area contributed by atoms with Gasteiger partial charge in [-0.1, -0.05) is 273 Å². The maximum atomic E-state index is 12.9. The zero-order chi connectivity index (χ0) is 50.6. The van der Waals surface area contributed by atoms with Crippen molar-refractivity contribution in [1.29, 1.82) is 0 Å². The molecule has 0 aromatic rings. The van der Waals surface area contributed by atoms with E-state index >= 15 is 0 Å². The van der Waals surface area contributed by atoms with Gasteiger partial charge in [0.25, 0.3) is 0 Å². The van der Waals surface area contributed by atoms with Crippen LogP contribution in [-0.2, 0) is 23.8 Å². The third-order valence-corrected chi connectivity index (χ3v) is 13.2. The second-order valence-electron chi connectivity index (χ2n) is 20.2. The van der Waals surface area contributed by atoms with Crippen LogP contribution in [0.5, 0.6) is 0 Å². The molecule has 0 heterocycles. The number of unbranched alkanes of at least 4 members (excludes halogenated alkanes) is 33. The number of esters is 2. The Hall–Kier alpha value is -2.66. The number of ether oxygens (including phenoxy) is 3. The molecule has 1 atom stereocenters. The molecule has 0 fully saturated rings. The molecule has 5 nitrogen and oxygen atoms in total. The molecule has 0 spiro atoms. The highest BCUT2D eigenvalue weighted by Gasteiger charge is 2.17. The summed E-state index contributed by atoms with van der Waals surface area (Å²) < 4.78 is 17.5. The zero-order valence-electron chi connectivity index (χ0n) is 46.8. The van der Waals surface area contributed by atoms with E-state index < -0.39 is 6.10 Å². The molecule has 0 N–H and O–H groups in total. The fourth-order valence-corrected chi connectivity index (χ4v) is 8.71. The van der Waals surface area contributed by atoms with E-state index in [9.17, 15) is 9.59 Å². The summed E-state index contributed by atoms with van der Waals surface area (Å²) in [5.74, 6) is -0.417. The third-order valence-electron chi connectivity index (χ3n) is 13.2. The molecule has 0 aliphatic rings. The summed E-state index contributed by atoms with van der Waals surface area (Å²) in [7, 11) is 0. The molecular formula is C65H116O5. The molecule has 70 heavy (non-hydrogen) atoms. The van der Waals surface area contributed by atoms with Crippen LogP contribution in [0.3, 0.4) is 0 Å². The van der Waals surface area contributed by atoms with E-state index in [-0.39, 0.29) is 25.2 Å². The molecule has 0 aliphatic carbocycles. The van der Waals surface area contributed by atoms with E-state index in [0.717, 1.165) is 96.3 Å². The summed E-state index contributed by atoms with van der Waals surface area (Å²) >= 11 is 0. The maximum Gasteiger partial charge on any atom is 0.306 e. The second-order valence-corrected chi connectivity index (χ2v) is 20.2. The van der Waals surface area contributed by atoms with Gasteiger partial charge in [0.15, 0.2) is 6.10 Å². The van der Waals surface area contributed by atoms with E-state index in [2.05, 4.69) is 93.7 Å². The highest BCUT2D eigenvalue weighted by molar-refractivity contribution is 5.70. The van der Waals surface area contributed by atoms with Gasteiger partial charge in [-0.15, -0.1) is 0 Å². The van der Waals surface area contributed by atoms with Crippen molar-refractivity contribution in [3.8, 4) is 0 Å². The highest BCUT2D eigenvalue weighted by atomic mass is 16.6. The Balaban J connectivity index is 4.28. The Labute approximate surface area is 436 Å². The van der Waals surface area contributed by atoms with Gasteiger partial charge in [-0.2, -0.15) is 0 Å². The number of rotatable bonds is 56. The molecular weight excluding hydrogens is 861 g/mol. The molecule has 0 rings (SSSR count). The van der Waals surface area contributed by atoms with Crippen molar-refractivity contribution < 1.29 is 23.8 Å². The van der Waals surface area contributed by atoms with Crippen molar-refractivity contribution in [2.45, 2.75) is 309 Å². The van der Waals surface area contributed by atoms with Gasteiger partial charge in [-0.05, 0) is 89.9 Å². The van der Waals surface area contributed by atoms with Gasteiger partial charge in [0, 0.05) is 19.4 Å². The molecule has 0 saturated carbocycles. The van der Waals surface area contributed by atoms with Crippen molar-refractivity contribution >= 4 is 11.9 Å². The van der Waals surface area contributed by atoms with E-state index in [1.807, 2.05) is 0 Å². The first-order chi connectivity index (χ1) is 34.6. The number of carbonyl (C=O) groups excluding carboxylic acids is 2. The average molecular weight is 978 g/mol. The van der Waals surface area contributed by atoms with E-state index in [1.165, 1.54) is 173 Å². The lowest BCUT2D eigenvalue weighted by molar-refractivity contribution is -0.163. The van der Waals surface area contributed by atoms with Gasteiger partial charge >= 0.3 is 11.9 Å². The van der Waals surface area contributed by atoms with E-state index in [4.69, 9.17) is 14.2 Å². The topological polar surface area (TPSA) is 61.8 Å². The van der Waals surface area contributed by atoms with Crippen LogP contribution in [0.2, 0.25) is 0 Å². The van der Waals surface area contributed by atoms with Gasteiger partial charge in [-0.25, -0.2) is 0 Å². The van der Waals surface area contributed by atoms with Crippen LogP contribution >= 0.6 is 0 Å². The Bertz CT molecular complexity index is 1240. The van der Waals surface area contributed by atoms with Gasteiger partial charge in [0.2, 0.25) is 0 Å². The van der Waals surface area contributed by atoms with Crippen molar-refractivity contribution in [3.05, 3.63) is 72.9 Å². The minimum Gasteiger partial charge on any atom is -0.462 e. The first-order valence-corrected chi connectivity index (χ1v) is 30.5. The molecule has 0 radical (unpaired) electrons. The minimum absolute atomic E-state index is 0.0727. The molecule has 0 aliphatic heterocycles. The van der Waals surface area contributed by atoms with Gasteiger partial charge in [-0.3, -0.25) is 9.59 Å². The number of allylic oxidation sites excluding steroid dienone is 12. The fourth-order valence-electron chi connectivity index (χ4n) is 8.71. The summed E-state index contributed by atoms with van der Waals surface area (Å²) in [6.45, 7) is 7.71. The van der Waals surface area contributed by atoms with Crippen molar-refractivity contribution in [2.75, 3.05) is 19.8 Å². The standard InChI is InChI=1S/C65H116O5/c1-4-7-10-13-16-19-22-25-28-30-32-34-36-39-42-45-48-51-54-57-60-68-61-63(70-65(67)59-56-53-50-47-44-41-37-27-24-21-18-15-12-9-6-3)62-69-64(66)58-55-52-49-46-43-40-38-35-33-31-29-26-23-20-17-14-11-8-5-2/h8,11,17-18,20-21,26-27,29,33,35,37,63H,4-7,9-10,12-16,19,22-25,28,30-32,34,36,38-62H2,1-3H3/b11-8-,20-17-,21-18-,29-26-,35-33-,37-27-. The largest absolute Gasteiger partial charge is 0.462 e. The zero-order valence-corrected chi connectivity index (χ0v) is 46.8. The first kappa shape index (κ1) is 67.3. The predicted molar refractivity (Wildman–Crippen MR) is 307 cm³/mol. The van der Waals surface area contributed by atoms with Crippen LogP contribution in [0.15, 0.2) is 72.9 Å². The van der Waals surface area contributed by atoms with Crippen LogP contribution in [0.25, 0.3) is 0 Å². The second kappa shape index (κ2) is 60.6. The Morgan fingerprint density at radius 1 is 0.329 bits per heavy atom. The first-order valence-electron chi connectivity index (χ1n) is 30.5. The lowest BCUT2D eigenvalue weighted by atomic mass is 10.0. The molecule has 0 aromatic heterocycles. The van der Waals surface area contributed by atoms with E-state index in [0.29, 0.717) is 19.4 Å². The SMILES string of the molecule is CC/C=C\C/C=C\C/C=C\C/C=C\CCCCCCCCC(=O)OCC(COCCCCCCCCCCCCCCCCCCCCCC)OC(=O)CCCCCCC/C=C\C/C=C\CCCCC. The summed E-state index contributed by atoms with van der Waals surface area (Å²) in [5.41, 5.74) is 0. The lowest BCUT2D eigenvalue weighted by Gasteiger charge is -2.18. The van der Waals surface area contributed by atoms with E-state index in [1.54, 1.807) is 0 Å². The number of carbonyl (C=O) groups is 2. The van der Waals surface area contributed by atoms with Gasteiger partial charge in [0.1, 0.15) is 6.61 Å². The Morgan fingerprint density at radius 2 is 0.643 bits per heavy atom. The van der Waals surface area contributed by atoms with Gasteiger partial charge < -0.3 is 14.2 Å². The lowest BCUT2D eigenvalue weighted by Crippen LogP contribution is -2.30. The van der Waals surface area contributed by atoms with Crippen LogP contribution in [-0.4, -0.2) is 37.9 Å². The normalized spacial score (nSPS) is 12.7. The van der Waals surface area contributed by atoms with Crippen LogP contribution < -0.4 is 0 Å². The van der Waals surface area contributed by atoms with Crippen molar-refractivity contribution in [1.82, 2.24) is 0 Å². The van der Waals surface area contributed by atoms with Crippen molar-refractivity contribution in [3.63, 3.8) is 0 Å². The monoisotopic (exact) mass is 977 g/mol. The smallest absolute Gasteiger partial charge is 0.306 e. The Kier molecular flexibility index (Phi) is 58.3. The van der Waals surface area contributed by atoms with Crippen LogP contribution in [0, 0.1) is 0 Å². The van der Waals surface area contributed by atoms with Crippen LogP contribution in [0.1, 0.15) is 303 Å². The third kappa shape index (κ3) is 57.9. The summed E-state index contributed by atoms with van der Waals surface area (Å²) in [6.07, 6.45) is 79.3. The highest BCUT2D eigenvalue weighted by Crippen LogP contribution is 2.16. The molecule has 0 aromatic carbocycles. The fraction of sp³-hybridized carbons (Fsp3) is 0.785. The maximum absolute atomic E-state index is 12.9. The summed E-state index contributed by atoms with van der Waals surface area (Å²) in [5, 5.41) is 0. The molecule has 0 amide bonds. The summed E-state index contributed by atoms with van der Waals surface area (Å²) in [4.78, 5) is 25.6. The number of hydrogen-bond donors (Lipinski definition) is 0. The minimum atomic E-state index is -0.551. The van der Waals surface area contributed by atoms with Crippen molar-refractivity contribution in [2.24, 2.45) is 0 Å². The molecule has 406 valence electrons. The predicted octanol–water partition coefficient (Wildman–Crippen LogP) is 21.0. The Morgan fingerprint density at radius 3 is 1.06 bits per heavy atom. The average Bonchev–Trinajstić information content (AvgIpc) is 3.36. The van der Waals surface area contributed by atoms with Gasteiger partial charge in [0.05, 0.1) is 6.61 Å². The summed E-state index contributed by atoms with van der Waals surface area (Å²) in [6, 6.07) is 0. The quantitative estimate of drug-likeness (QED) is 0.0345. The molecule has 1 unspecified atom stereocenters. The molecule has 5 heteroatoms. The number of hydrogen-bond acceptors (Lipinski definition) is 5.